The summed E-state index contributed by atoms with van der Waals surface area (Å²) in [4.78, 5) is 2.12. The van der Waals surface area contributed by atoms with Crippen molar-refractivity contribution in [2.75, 3.05) is 13.1 Å². The highest BCUT2D eigenvalue weighted by atomic mass is 28.4. The number of hydrogen-bond acceptors (Lipinski definition) is 3. The number of likely N-dealkylation sites (tertiary alicyclic amines) is 1. The van der Waals surface area contributed by atoms with E-state index in [1.807, 2.05) is 6.92 Å². The number of aliphatic hydroxyl groups is 1. The first-order valence-corrected chi connectivity index (χ1v) is 9.64. The first-order valence-electron chi connectivity index (χ1n) is 6.73. The number of rotatable bonds is 3. The molecule has 0 spiro atoms. The summed E-state index contributed by atoms with van der Waals surface area (Å²) in [6.45, 7) is 15.2. The fraction of sp³-hybridized carbons (Fsp3) is 1.00. The molecule has 1 atom stereocenters. The third-order valence-corrected chi connectivity index (χ3v) is 8.81. The van der Waals surface area contributed by atoms with Crippen LogP contribution in [0.15, 0.2) is 0 Å². The minimum absolute atomic E-state index is 0.286. The van der Waals surface area contributed by atoms with E-state index in [0.717, 1.165) is 25.9 Å². The molecule has 1 N–H and O–H groups in total. The SMILES string of the molecule is CC(O)N1CCC(O[Si](C)(C)C(C)(C)C)CC1. The van der Waals surface area contributed by atoms with Gasteiger partial charge in [-0.25, -0.2) is 0 Å². The van der Waals surface area contributed by atoms with Crippen molar-refractivity contribution in [3.05, 3.63) is 0 Å². The van der Waals surface area contributed by atoms with Crippen molar-refractivity contribution in [2.24, 2.45) is 0 Å². The molecule has 1 aliphatic heterocycles. The van der Waals surface area contributed by atoms with Gasteiger partial charge >= 0.3 is 0 Å². The van der Waals surface area contributed by atoms with Crippen LogP contribution in [-0.2, 0) is 4.43 Å². The van der Waals surface area contributed by atoms with Gasteiger partial charge in [-0.15, -0.1) is 0 Å². The molecule has 0 amide bonds. The van der Waals surface area contributed by atoms with Crippen LogP contribution in [0.2, 0.25) is 18.1 Å². The maximum atomic E-state index is 9.52. The second-order valence-corrected chi connectivity index (χ2v) is 11.5. The highest BCUT2D eigenvalue weighted by Gasteiger charge is 2.39. The Morgan fingerprint density at radius 3 is 2.06 bits per heavy atom. The number of nitrogens with zero attached hydrogens (tertiary/aromatic N) is 1. The molecule has 0 saturated carbocycles. The Kier molecular flexibility index (Phi) is 4.80. The van der Waals surface area contributed by atoms with Crippen LogP contribution in [0, 0.1) is 0 Å². The third kappa shape index (κ3) is 4.05. The number of piperidine rings is 1. The average molecular weight is 259 g/mol. The van der Waals surface area contributed by atoms with Crippen molar-refractivity contribution >= 4 is 8.32 Å². The predicted octanol–water partition coefficient (Wildman–Crippen LogP) is 2.81. The lowest BCUT2D eigenvalue weighted by atomic mass is 10.1. The molecule has 1 fully saturated rings. The lowest BCUT2D eigenvalue weighted by Gasteiger charge is -2.42. The summed E-state index contributed by atoms with van der Waals surface area (Å²) in [5.41, 5.74) is 0. The molecule has 0 radical (unpaired) electrons. The Morgan fingerprint density at radius 1 is 1.24 bits per heavy atom. The fourth-order valence-electron chi connectivity index (χ4n) is 1.96. The summed E-state index contributed by atoms with van der Waals surface area (Å²) < 4.78 is 6.40. The highest BCUT2D eigenvalue weighted by molar-refractivity contribution is 6.74. The number of aliphatic hydroxyl groups excluding tert-OH is 1. The van der Waals surface area contributed by atoms with Crippen LogP contribution in [0.1, 0.15) is 40.5 Å². The quantitative estimate of drug-likeness (QED) is 0.791. The van der Waals surface area contributed by atoms with Gasteiger partial charge in [0.1, 0.15) is 6.23 Å². The lowest BCUT2D eigenvalue weighted by molar-refractivity contribution is -0.0186. The van der Waals surface area contributed by atoms with Gasteiger partial charge in [0, 0.05) is 19.2 Å². The van der Waals surface area contributed by atoms with Crippen LogP contribution in [0.4, 0.5) is 0 Å². The Bertz CT molecular complexity index is 240. The molecule has 3 nitrogen and oxygen atoms in total. The van der Waals surface area contributed by atoms with Crippen LogP contribution < -0.4 is 0 Å². The third-order valence-electron chi connectivity index (χ3n) is 4.27. The van der Waals surface area contributed by atoms with Gasteiger partial charge in [0.15, 0.2) is 8.32 Å². The largest absolute Gasteiger partial charge is 0.414 e. The van der Waals surface area contributed by atoms with Crippen molar-refractivity contribution in [3.8, 4) is 0 Å². The monoisotopic (exact) mass is 259 g/mol. The van der Waals surface area contributed by atoms with E-state index in [-0.39, 0.29) is 11.3 Å². The molecular weight excluding hydrogens is 230 g/mol. The molecule has 102 valence electrons. The molecular formula is C13H29NO2Si. The average Bonchev–Trinajstić information content (AvgIpc) is 2.16. The van der Waals surface area contributed by atoms with Crippen LogP contribution in [0.3, 0.4) is 0 Å². The first-order chi connectivity index (χ1) is 7.63. The van der Waals surface area contributed by atoms with Crippen molar-refractivity contribution in [3.63, 3.8) is 0 Å². The Hall–Kier alpha value is 0.0969. The minimum Gasteiger partial charge on any atom is -0.414 e. The molecule has 0 aromatic rings. The first kappa shape index (κ1) is 15.2. The standard InChI is InChI=1S/C13H29NO2Si/c1-11(15)14-9-7-12(8-10-14)16-17(5,6)13(2,3)4/h11-12,15H,7-10H2,1-6H3. The fourth-order valence-corrected chi connectivity index (χ4v) is 3.38. The van der Waals surface area contributed by atoms with Crippen LogP contribution in [0.25, 0.3) is 0 Å². The van der Waals surface area contributed by atoms with E-state index in [4.69, 9.17) is 4.43 Å². The lowest BCUT2D eigenvalue weighted by Crippen LogP contribution is -2.48. The van der Waals surface area contributed by atoms with Gasteiger partial charge < -0.3 is 9.53 Å². The minimum atomic E-state index is -1.62. The summed E-state index contributed by atoms with van der Waals surface area (Å²) in [6, 6.07) is 0. The number of hydrogen-bond donors (Lipinski definition) is 1. The van der Waals surface area contributed by atoms with E-state index in [2.05, 4.69) is 38.8 Å². The molecule has 1 aliphatic rings. The van der Waals surface area contributed by atoms with E-state index in [1.54, 1.807) is 0 Å². The molecule has 0 bridgehead atoms. The maximum Gasteiger partial charge on any atom is 0.192 e. The summed E-state index contributed by atoms with van der Waals surface area (Å²) in [7, 11) is -1.62. The van der Waals surface area contributed by atoms with E-state index < -0.39 is 8.32 Å². The second-order valence-electron chi connectivity index (χ2n) is 6.75. The zero-order valence-electron chi connectivity index (χ0n) is 12.3. The molecule has 0 aliphatic carbocycles. The molecule has 0 aromatic heterocycles. The Labute approximate surface area is 107 Å². The predicted molar refractivity (Wildman–Crippen MR) is 74.6 cm³/mol. The van der Waals surface area contributed by atoms with Gasteiger partial charge in [-0.3, -0.25) is 4.90 Å². The van der Waals surface area contributed by atoms with Crippen molar-refractivity contribution in [2.45, 2.75) is 71.0 Å². The topological polar surface area (TPSA) is 32.7 Å². The molecule has 4 heteroatoms. The van der Waals surface area contributed by atoms with Gasteiger partial charge in [-0.1, -0.05) is 20.8 Å². The van der Waals surface area contributed by atoms with Crippen molar-refractivity contribution in [1.82, 2.24) is 4.90 Å². The summed E-state index contributed by atoms with van der Waals surface area (Å²) in [6.07, 6.45) is 2.18. The van der Waals surface area contributed by atoms with E-state index >= 15 is 0 Å². The van der Waals surface area contributed by atoms with Gasteiger partial charge in [0.25, 0.3) is 0 Å². The summed E-state index contributed by atoms with van der Waals surface area (Å²) in [5.74, 6) is 0. The zero-order valence-corrected chi connectivity index (χ0v) is 13.3. The van der Waals surface area contributed by atoms with E-state index in [1.165, 1.54) is 0 Å². The normalized spacial score (nSPS) is 22.8. The summed E-state index contributed by atoms with van der Waals surface area (Å²) >= 11 is 0. The molecule has 1 rings (SSSR count). The highest BCUT2D eigenvalue weighted by Crippen LogP contribution is 2.38. The van der Waals surface area contributed by atoms with Crippen molar-refractivity contribution < 1.29 is 9.53 Å². The van der Waals surface area contributed by atoms with Crippen LogP contribution in [0.5, 0.6) is 0 Å². The molecule has 1 saturated heterocycles. The van der Waals surface area contributed by atoms with Crippen LogP contribution in [-0.4, -0.2) is 43.7 Å². The maximum absolute atomic E-state index is 9.52. The second kappa shape index (κ2) is 5.39. The van der Waals surface area contributed by atoms with Gasteiger partial charge in [0.05, 0.1) is 0 Å². The molecule has 1 heterocycles. The van der Waals surface area contributed by atoms with E-state index in [0.29, 0.717) is 6.10 Å². The smallest absolute Gasteiger partial charge is 0.192 e. The summed E-state index contributed by atoms with van der Waals surface area (Å²) in [5, 5.41) is 9.81. The Morgan fingerprint density at radius 2 is 1.71 bits per heavy atom. The van der Waals surface area contributed by atoms with Gasteiger partial charge in [-0.05, 0) is 37.9 Å². The molecule has 0 aromatic carbocycles. The Balaban J connectivity index is 2.46. The van der Waals surface area contributed by atoms with Gasteiger partial charge in [0.2, 0.25) is 0 Å². The van der Waals surface area contributed by atoms with E-state index in [9.17, 15) is 5.11 Å². The molecule has 1 unspecified atom stereocenters. The van der Waals surface area contributed by atoms with Gasteiger partial charge in [-0.2, -0.15) is 0 Å². The van der Waals surface area contributed by atoms with Crippen molar-refractivity contribution in [1.29, 1.82) is 0 Å². The zero-order chi connectivity index (χ0) is 13.3. The van der Waals surface area contributed by atoms with Crippen LogP contribution >= 0.6 is 0 Å². The molecule has 17 heavy (non-hydrogen) atoms.